The first kappa shape index (κ1) is 30.9. The molecule has 10 nitrogen and oxygen atoms in total. The number of anilines is 3. The third kappa shape index (κ3) is 7.48. The number of pyridine rings is 2. The van der Waals surface area contributed by atoms with E-state index in [2.05, 4.69) is 32.7 Å². The van der Waals surface area contributed by atoms with Gasteiger partial charge in [0.1, 0.15) is 24.2 Å². The Hall–Kier alpha value is -4.59. The van der Waals surface area contributed by atoms with E-state index < -0.39 is 0 Å². The average molecular weight is 615 g/mol. The zero-order chi connectivity index (χ0) is 31.1. The molecular formula is C33H35ClN6O4. The first-order chi connectivity index (χ1) is 21.3. The Bertz CT molecular complexity index is 1700. The minimum absolute atomic E-state index is 0.118. The number of fused-ring (bicyclic) bond motifs is 2. The van der Waals surface area contributed by atoms with Crippen LogP contribution in [-0.2, 0) is 17.8 Å². The molecule has 0 spiro atoms. The van der Waals surface area contributed by atoms with Crippen molar-refractivity contribution in [3.05, 3.63) is 70.5 Å². The molecule has 5 rings (SSSR count). The number of nitriles is 1. The van der Waals surface area contributed by atoms with Crippen LogP contribution in [0.15, 0.2) is 48.8 Å². The Kier molecular flexibility index (Phi) is 10.00. The maximum absolute atomic E-state index is 12.8. The molecule has 0 bridgehead atoms. The van der Waals surface area contributed by atoms with Crippen LogP contribution in [-0.4, -0.2) is 54.6 Å². The number of aromatic nitrogens is 2. The van der Waals surface area contributed by atoms with E-state index in [1.165, 1.54) is 6.20 Å². The molecule has 0 unspecified atom stereocenters. The molecule has 2 N–H and O–H groups in total. The summed E-state index contributed by atoms with van der Waals surface area (Å²) in [5.41, 5.74) is 4.67. The Morgan fingerprint density at radius 2 is 2.00 bits per heavy atom. The maximum Gasteiger partial charge on any atom is 0.224 e. The lowest BCUT2D eigenvalue weighted by Crippen LogP contribution is -2.17. The largest absolute Gasteiger partial charge is 0.492 e. The summed E-state index contributed by atoms with van der Waals surface area (Å²) in [6.45, 7) is 4.11. The van der Waals surface area contributed by atoms with Gasteiger partial charge in [0.2, 0.25) is 11.8 Å². The van der Waals surface area contributed by atoms with E-state index in [-0.39, 0.29) is 5.91 Å². The van der Waals surface area contributed by atoms with Gasteiger partial charge in [-0.2, -0.15) is 5.26 Å². The second-order valence-corrected chi connectivity index (χ2v) is 11.1. The van der Waals surface area contributed by atoms with Crippen LogP contribution in [0, 0.1) is 11.3 Å². The van der Waals surface area contributed by atoms with Crippen molar-refractivity contribution in [2.24, 2.45) is 0 Å². The Morgan fingerprint density at radius 1 is 1.14 bits per heavy atom. The third-order valence-corrected chi connectivity index (χ3v) is 7.37. The van der Waals surface area contributed by atoms with Gasteiger partial charge < -0.3 is 29.7 Å². The van der Waals surface area contributed by atoms with Gasteiger partial charge in [-0.1, -0.05) is 11.6 Å². The smallest absolute Gasteiger partial charge is 0.224 e. The van der Waals surface area contributed by atoms with Gasteiger partial charge >= 0.3 is 0 Å². The molecule has 1 aliphatic rings. The molecule has 2 aromatic carbocycles. The van der Waals surface area contributed by atoms with E-state index >= 15 is 0 Å². The molecule has 0 aliphatic carbocycles. The van der Waals surface area contributed by atoms with Crippen molar-refractivity contribution in [3.63, 3.8) is 0 Å². The number of benzene rings is 2. The molecule has 0 fully saturated rings. The summed E-state index contributed by atoms with van der Waals surface area (Å²) in [7, 11) is 3.95. The van der Waals surface area contributed by atoms with E-state index in [9.17, 15) is 10.1 Å². The average Bonchev–Trinajstić information content (AvgIpc) is 3.01. The van der Waals surface area contributed by atoms with Crippen molar-refractivity contribution in [1.82, 2.24) is 14.9 Å². The van der Waals surface area contributed by atoms with Gasteiger partial charge in [-0.05, 0) is 77.2 Å². The fourth-order valence-corrected chi connectivity index (χ4v) is 5.18. The van der Waals surface area contributed by atoms with Gasteiger partial charge in [0, 0.05) is 47.1 Å². The van der Waals surface area contributed by atoms with Gasteiger partial charge in [-0.15, -0.1) is 0 Å². The van der Waals surface area contributed by atoms with E-state index in [1.54, 1.807) is 30.5 Å². The molecule has 44 heavy (non-hydrogen) atoms. The van der Waals surface area contributed by atoms with Crippen LogP contribution in [0.1, 0.15) is 42.9 Å². The second-order valence-electron chi connectivity index (χ2n) is 10.7. The van der Waals surface area contributed by atoms with Crippen molar-refractivity contribution in [3.8, 4) is 23.4 Å². The number of ether oxygens (including phenoxy) is 3. The van der Waals surface area contributed by atoms with Gasteiger partial charge in [-0.25, -0.2) is 4.98 Å². The Balaban J connectivity index is 1.37. The number of hydrogen-bond donors (Lipinski definition) is 2. The SMILES string of the molecule is CCOc1cc2ncc(C#N)c(Nc3ccc(OCc4cnc5c(c4)CCCO5)c(Cl)c3)c2cc1NC(=O)CCCN(C)C. The van der Waals surface area contributed by atoms with E-state index in [1.807, 2.05) is 32.0 Å². The summed E-state index contributed by atoms with van der Waals surface area (Å²) in [6, 6.07) is 13.2. The molecule has 1 amide bonds. The highest BCUT2D eigenvalue weighted by Gasteiger charge is 2.17. The Labute approximate surface area is 261 Å². The highest BCUT2D eigenvalue weighted by Crippen LogP contribution is 2.37. The number of carbonyl (C=O) groups is 1. The molecule has 11 heteroatoms. The van der Waals surface area contributed by atoms with Gasteiger partial charge in [0.05, 0.1) is 40.7 Å². The lowest BCUT2D eigenvalue weighted by Gasteiger charge is -2.17. The predicted molar refractivity (Wildman–Crippen MR) is 171 cm³/mol. The summed E-state index contributed by atoms with van der Waals surface area (Å²) in [4.78, 5) is 23.7. The first-order valence-corrected chi connectivity index (χ1v) is 15.0. The van der Waals surface area contributed by atoms with Crippen molar-refractivity contribution < 1.29 is 19.0 Å². The minimum Gasteiger partial charge on any atom is -0.492 e. The predicted octanol–water partition coefficient (Wildman–Crippen LogP) is 6.48. The van der Waals surface area contributed by atoms with Crippen molar-refractivity contribution in [2.45, 2.75) is 39.2 Å². The molecule has 2 aromatic heterocycles. The van der Waals surface area contributed by atoms with Crippen LogP contribution < -0.4 is 24.8 Å². The third-order valence-electron chi connectivity index (χ3n) is 7.08. The molecule has 0 saturated heterocycles. The normalized spacial score (nSPS) is 12.3. The van der Waals surface area contributed by atoms with Crippen LogP contribution in [0.25, 0.3) is 10.9 Å². The van der Waals surface area contributed by atoms with Gasteiger partial charge in [0.25, 0.3) is 0 Å². The topological polar surface area (TPSA) is 122 Å². The molecule has 228 valence electrons. The zero-order valence-electron chi connectivity index (χ0n) is 25.1. The standard InChI is InChI=1S/C33H35ClN6O4/c1-4-42-30-16-27-25(15-28(30)39-31(41)8-5-11-40(2)3)32(23(17-35)19-36-27)38-24-9-10-29(26(34)14-24)44-20-21-13-22-7-6-12-43-33(22)37-18-21/h9-10,13-16,18-19H,4-8,11-12,20H2,1-3H3,(H,36,38)(H,39,41). The number of carbonyl (C=O) groups excluding carboxylic acids is 1. The zero-order valence-corrected chi connectivity index (χ0v) is 25.8. The molecule has 0 radical (unpaired) electrons. The fraction of sp³-hybridized carbons (Fsp3) is 0.333. The van der Waals surface area contributed by atoms with Crippen molar-refractivity contribution >= 4 is 45.5 Å². The van der Waals surface area contributed by atoms with Crippen molar-refractivity contribution in [2.75, 3.05) is 44.5 Å². The van der Waals surface area contributed by atoms with E-state index in [4.69, 9.17) is 25.8 Å². The van der Waals surface area contributed by atoms with Gasteiger partial charge in [-0.3, -0.25) is 9.78 Å². The molecule has 4 aromatic rings. The van der Waals surface area contributed by atoms with Gasteiger partial charge in [0.15, 0.2) is 0 Å². The molecular weight excluding hydrogens is 580 g/mol. The number of hydrogen-bond acceptors (Lipinski definition) is 9. The lowest BCUT2D eigenvalue weighted by atomic mass is 10.1. The highest BCUT2D eigenvalue weighted by molar-refractivity contribution is 6.32. The number of aryl methyl sites for hydroxylation is 1. The quantitative estimate of drug-likeness (QED) is 0.185. The van der Waals surface area contributed by atoms with Crippen molar-refractivity contribution in [1.29, 1.82) is 5.26 Å². The van der Waals surface area contributed by atoms with Crippen LogP contribution in [0.2, 0.25) is 5.02 Å². The summed E-state index contributed by atoms with van der Waals surface area (Å²) in [5.74, 6) is 1.60. The van der Waals surface area contributed by atoms with E-state index in [0.717, 1.165) is 36.9 Å². The summed E-state index contributed by atoms with van der Waals surface area (Å²) >= 11 is 6.62. The summed E-state index contributed by atoms with van der Waals surface area (Å²) < 4.78 is 17.4. The minimum atomic E-state index is -0.118. The van der Waals surface area contributed by atoms with Crippen LogP contribution in [0.3, 0.4) is 0 Å². The number of nitrogens with one attached hydrogen (secondary N) is 2. The highest BCUT2D eigenvalue weighted by atomic mass is 35.5. The Morgan fingerprint density at radius 3 is 2.77 bits per heavy atom. The molecule has 3 heterocycles. The maximum atomic E-state index is 12.8. The lowest BCUT2D eigenvalue weighted by molar-refractivity contribution is -0.116. The van der Waals surface area contributed by atoms with Crippen LogP contribution in [0.4, 0.5) is 17.1 Å². The molecule has 0 saturated carbocycles. The molecule has 1 aliphatic heterocycles. The van der Waals surface area contributed by atoms with Crippen LogP contribution >= 0.6 is 11.6 Å². The summed E-state index contributed by atoms with van der Waals surface area (Å²) in [5, 5.41) is 17.3. The number of amides is 1. The monoisotopic (exact) mass is 614 g/mol. The number of rotatable bonds is 12. The number of nitrogens with zero attached hydrogens (tertiary/aromatic N) is 4. The fourth-order valence-electron chi connectivity index (χ4n) is 4.95. The van der Waals surface area contributed by atoms with E-state index in [0.29, 0.717) is 82.2 Å². The molecule has 0 atom stereocenters. The van der Waals surface area contributed by atoms with Crippen LogP contribution in [0.5, 0.6) is 17.4 Å². The number of halogens is 1. The summed E-state index contributed by atoms with van der Waals surface area (Å²) in [6.07, 6.45) is 6.26. The second kappa shape index (κ2) is 14.3. The first-order valence-electron chi connectivity index (χ1n) is 14.6.